The minimum Gasteiger partial charge on any atom is -0.438 e. The molecule has 0 aliphatic heterocycles. The van der Waals surface area contributed by atoms with Gasteiger partial charge in [-0.1, -0.05) is 36.4 Å². The Kier molecular flexibility index (Phi) is 6.99. The highest BCUT2D eigenvalue weighted by molar-refractivity contribution is 5.87. The fourth-order valence-corrected chi connectivity index (χ4v) is 2.70. The molecule has 0 aliphatic carbocycles. The molecule has 0 spiro atoms. The summed E-state index contributed by atoms with van der Waals surface area (Å²) in [6.07, 6.45) is -1.28. The van der Waals surface area contributed by atoms with Crippen molar-refractivity contribution in [2.75, 3.05) is 19.0 Å². The maximum atomic E-state index is 12.4. The highest BCUT2D eigenvalue weighted by atomic mass is 16.6. The first kappa shape index (κ1) is 21.3. The van der Waals surface area contributed by atoms with Gasteiger partial charge in [0.25, 0.3) is 0 Å². The molecule has 2 aromatic carbocycles. The zero-order chi connectivity index (χ0) is 21.5. The maximum absolute atomic E-state index is 12.4. The van der Waals surface area contributed by atoms with Crippen molar-refractivity contribution in [1.29, 1.82) is 0 Å². The van der Waals surface area contributed by atoms with E-state index in [1.54, 1.807) is 38.2 Å². The van der Waals surface area contributed by atoms with Gasteiger partial charge < -0.3 is 15.2 Å². The smallest absolute Gasteiger partial charge is 0.414 e. The number of ether oxygens (including phenoxy) is 1. The second kappa shape index (κ2) is 9.86. The highest BCUT2D eigenvalue weighted by Crippen LogP contribution is 2.19. The molecule has 1 atom stereocenters. The number of rotatable bonds is 7. The lowest BCUT2D eigenvalue weighted by Crippen LogP contribution is -2.28. The van der Waals surface area contributed by atoms with E-state index >= 15 is 0 Å². The summed E-state index contributed by atoms with van der Waals surface area (Å²) in [4.78, 5) is 13.8. The Morgan fingerprint density at radius 3 is 2.20 bits per heavy atom. The number of aliphatic hydroxyl groups excluding tert-OH is 1. The lowest BCUT2D eigenvalue weighted by Gasteiger charge is -2.19. The number of benzene rings is 2. The number of aromatic nitrogens is 4. The van der Waals surface area contributed by atoms with Crippen LogP contribution in [-0.2, 0) is 17.9 Å². The maximum Gasteiger partial charge on any atom is 0.414 e. The highest BCUT2D eigenvalue weighted by Gasteiger charge is 2.20. The van der Waals surface area contributed by atoms with Crippen molar-refractivity contribution in [3.8, 4) is 11.4 Å². The molecule has 1 amide bonds. The molecule has 0 fully saturated rings. The van der Waals surface area contributed by atoms with Gasteiger partial charge in [0.1, 0.15) is 0 Å². The number of amides is 1. The summed E-state index contributed by atoms with van der Waals surface area (Å²) in [7, 11) is 3.49. The van der Waals surface area contributed by atoms with Gasteiger partial charge in [0.15, 0.2) is 6.10 Å². The van der Waals surface area contributed by atoms with Gasteiger partial charge in [0.05, 0.1) is 6.61 Å². The molecule has 1 heterocycles. The van der Waals surface area contributed by atoms with Gasteiger partial charge in [-0.05, 0) is 37.2 Å². The van der Waals surface area contributed by atoms with Crippen molar-refractivity contribution in [1.82, 2.24) is 25.7 Å². The number of anilines is 1. The number of carbonyl (C=O) groups excluding carboxylic acids is 1. The minimum absolute atomic E-state index is 0.0566. The van der Waals surface area contributed by atoms with E-state index in [0.717, 1.165) is 23.2 Å². The van der Waals surface area contributed by atoms with Crippen LogP contribution in [0, 0.1) is 0 Å². The molecule has 0 saturated carbocycles. The van der Waals surface area contributed by atoms with Crippen molar-refractivity contribution in [3.05, 3.63) is 65.5 Å². The fourth-order valence-electron chi connectivity index (χ4n) is 2.70. The first-order valence-corrected chi connectivity index (χ1v) is 9.47. The molecule has 0 saturated heterocycles. The van der Waals surface area contributed by atoms with E-state index in [0.29, 0.717) is 11.5 Å². The molecule has 1 unspecified atom stereocenters. The summed E-state index contributed by atoms with van der Waals surface area (Å²) in [6, 6.07) is 14.7. The zero-order valence-electron chi connectivity index (χ0n) is 17.1. The Morgan fingerprint density at radius 1 is 1.03 bits per heavy atom. The fraction of sp³-hybridized carbons (Fsp3) is 0.286. The summed E-state index contributed by atoms with van der Waals surface area (Å²) < 4.78 is 5.42. The number of hydrogen-bond acceptors (Lipinski definition) is 8. The molecule has 0 bridgehead atoms. The summed E-state index contributed by atoms with van der Waals surface area (Å²) in [5.74, 6) is 0.609. The van der Waals surface area contributed by atoms with Crippen LogP contribution in [0.25, 0.3) is 11.4 Å². The van der Waals surface area contributed by atoms with Gasteiger partial charge in [0.2, 0.25) is 11.6 Å². The van der Waals surface area contributed by atoms with E-state index in [9.17, 15) is 4.79 Å². The van der Waals surface area contributed by atoms with E-state index < -0.39 is 12.2 Å². The van der Waals surface area contributed by atoms with E-state index in [1.165, 1.54) is 4.90 Å². The number of nitrogens with one attached hydrogen (secondary N) is 1. The Balaban J connectivity index is 1.63. The third kappa shape index (κ3) is 5.13. The molecule has 30 heavy (non-hydrogen) atoms. The number of carbonyl (C=O) groups is 1. The van der Waals surface area contributed by atoms with Gasteiger partial charge in [-0.25, -0.2) is 4.79 Å². The Morgan fingerprint density at radius 2 is 1.63 bits per heavy atom. The summed E-state index contributed by atoms with van der Waals surface area (Å²) in [5.41, 5.74) is 3.35. The van der Waals surface area contributed by atoms with Gasteiger partial charge in [-0.2, -0.15) is 0 Å². The molecule has 3 aromatic rings. The average molecular weight is 408 g/mol. The van der Waals surface area contributed by atoms with Gasteiger partial charge in [-0.15, -0.1) is 20.4 Å². The topological polar surface area (TPSA) is 113 Å². The second-order valence-electron chi connectivity index (χ2n) is 6.72. The SMILES string of the molecule is CNCc1ccc(-c2nnc(C(C)OC(=O)N(C)c3ccc(CO)cc3)nn2)cc1. The number of hydrogen-bond donors (Lipinski definition) is 2. The van der Waals surface area contributed by atoms with Gasteiger partial charge in [-0.3, -0.25) is 4.90 Å². The predicted octanol–water partition coefficient (Wildman–Crippen LogP) is 2.48. The third-order valence-electron chi connectivity index (χ3n) is 4.51. The first-order chi connectivity index (χ1) is 14.5. The lowest BCUT2D eigenvalue weighted by molar-refractivity contribution is 0.109. The molecule has 2 N–H and O–H groups in total. The molecule has 0 radical (unpaired) electrons. The Hall–Kier alpha value is -3.43. The summed E-state index contributed by atoms with van der Waals surface area (Å²) >= 11 is 0. The zero-order valence-corrected chi connectivity index (χ0v) is 17.1. The molecule has 9 nitrogen and oxygen atoms in total. The quantitative estimate of drug-likeness (QED) is 0.613. The number of aliphatic hydroxyl groups is 1. The molecular weight excluding hydrogens is 384 g/mol. The van der Waals surface area contributed by atoms with E-state index in [4.69, 9.17) is 9.84 Å². The summed E-state index contributed by atoms with van der Waals surface area (Å²) in [6.45, 7) is 2.38. The summed E-state index contributed by atoms with van der Waals surface area (Å²) in [5, 5.41) is 28.5. The van der Waals surface area contributed by atoms with Crippen molar-refractivity contribution in [2.24, 2.45) is 0 Å². The molecule has 1 aromatic heterocycles. The van der Waals surface area contributed by atoms with Crippen LogP contribution >= 0.6 is 0 Å². The normalized spacial score (nSPS) is 11.7. The van der Waals surface area contributed by atoms with Crippen molar-refractivity contribution >= 4 is 11.8 Å². The van der Waals surface area contributed by atoms with E-state index in [1.807, 2.05) is 31.3 Å². The van der Waals surface area contributed by atoms with Crippen molar-refractivity contribution in [2.45, 2.75) is 26.2 Å². The van der Waals surface area contributed by atoms with E-state index in [-0.39, 0.29) is 12.4 Å². The number of nitrogens with zero attached hydrogens (tertiary/aromatic N) is 5. The van der Waals surface area contributed by atoms with Gasteiger partial charge >= 0.3 is 6.09 Å². The van der Waals surface area contributed by atoms with Crippen molar-refractivity contribution < 1.29 is 14.6 Å². The molecule has 9 heteroatoms. The van der Waals surface area contributed by atoms with Crippen LogP contribution in [0.3, 0.4) is 0 Å². The second-order valence-corrected chi connectivity index (χ2v) is 6.72. The van der Waals surface area contributed by atoms with Crippen LogP contribution < -0.4 is 10.2 Å². The van der Waals surface area contributed by atoms with Crippen LogP contribution in [0.2, 0.25) is 0 Å². The van der Waals surface area contributed by atoms with Crippen LogP contribution in [0.1, 0.15) is 30.0 Å². The first-order valence-electron chi connectivity index (χ1n) is 9.47. The lowest BCUT2D eigenvalue weighted by atomic mass is 10.1. The molecule has 156 valence electrons. The average Bonchev–Trinajstić information content (AvgIpc) is 2.79. The monoisotopic (exact) mass is 408 g/mol. The molecule has 0 aliphatic rings. The van der Waals surface area contributed by atoms with Crippen molar-refractivity contribution in [3.63, 3.8) is 0 Å². The Bertz CT molecular complexity index is 962. The third-order valence-corrected chi connectivity index (χ3v) is 4.51. The Labute approximate surface area is 174 Å². The largest absolute Gasteiger partial charge is 0.438 e. The van der Waals surface area contributed by atoms with E-state index in [2.05, 4.69) is 25.7 Å². The van der Waals surface area contributed by atoms with Crippen LogP contribution in [0.15, 0.2) is 48.5 Å². The van der Waals surface area contributed by atoms with Crippen LogP contribution in [0.4, 0.5) is 10.5 Å². The van der Waals surface area contributed by atoms with Crippen LogP contribution in [-0.4, -0.2) is 45.7 Å². The standard InChI is InChI=1S/C21H24N6O3/c1-14(30-21(29)27(3)18-10-6-16(13-28)7-11-18)19-23-25-20(26-24-19)17-8-4-15(5-9-17)12-22-2/h4-11,14,22,28H,12-13H2,1-3H3. The van der Waals surface area contributed by atoms with Gasteiger partial charge in [0, 0.05) is 24.8 Å². The predicted molar refractivity (Wildman–Crippen MR) is 111 cm³/mol. The van der Waals surface area contributed by atoms with Crippen LogP contribution in [0.5, 0.6) is 0 Å². The minimum atomic E-state index is -0.719. The molecule has 3 rings (SSSR count). The molecular formula is C21H24N6O3.